The molecule has 19 heavy (non-hydrogen) atoms. The van der Waals surface area contributed by atoms with Gasteiger partial charge in [-0.1, -0.05) is 22.9 Å². The van der Waals surface area contributed by atoms with Gasteiger partial charge >= 0.3 is 6.18 Å². The first kappa shape index (κ1) is 16.0. The lowest BCUT2D eigenvalue weighted by Gasteiger charge is -2.11. The highest BCUT2D eigenvalue weighted by atomic mass is 79.9. The van der Waals surface area contributed by atoms with Crippen molar-refractivity contribution >= 4 is 27.5 Å². The molecule has 0 aliphatic carbocycles. The van der Waals surface area contributed by atoms with Crippen LogP contribution in [0, 0.1) is 0 Å². The summed E-state index contributed by atoms with van der Waals surface area (Å²) in [5.41, 5.74) is -0.691. The molecule has 0 spiro atoms. The number of amides is 1. The van der Waals surface area contributed by atoms with Gasteiger partial charge in [0.2, 0.25) is 5.91 Å². The molecule has 0 heterocycles. The Morgan fingerprint density at radius 3 is 2.58 bits per heavy atom. The minimum absolute atomic E-state index is 0.0711. The van der Waals surface area contributed by atoms with Crippen LogP contribution < -0.4 is 10.6 Å². The van der Waals surface area contributed by atoms with E-state index in [9.17, 15) is 18.0 Å². The van der Waals surface area contributed by atoms with Crippen molar-refractivity contribution < 1.29 is 18.0 Å². The number of carbonyl (C=O) groups is 1. The normalized spacial score (nSPS) is 11.4. The van der Waals surface area contributed by atoms with E-state index in [0.717, 1.165) is 18.6 Å². The van der Waals surface area contributed by atoms with Crippen molar-refractivity contribution in [1.29, 1.82) is 0 Å². The van der Waals surface area contributed by atoms with Crippen LogP contribution in [0.2, 0.25) is 0 Å². The number of hydrogen-bond donors (Lipinski definition) is 2. The van der Waals surface area contributed by atoms with E-state index in [0.29, 0.717) is 6.54 Å². The van der Waals surface area contributed by atoms with Crippen LogP contribution >= 0.6 is 15.9 Å². The molecule has 0 unspecified atom stereocenters. The fourth-order valence-electron chi connectivity index (χ4n) is 1.41. The Labute approximate surface area is 117 Å². The zero-order valence-electron chi connectivity index (χ0n) is 10.3. The third-order valence-corrected chi connectivity index (χ3v) is 2.68. The zero-order valence-corrected chi connectivity index (χ0v) is 11.9. The van der Waals surface area contributed by atoms with Gasteiger partial charge in [0.1, 0.15) is 0 Å². The van der Waals surface area contributed by atoms with E-state index in [1.165, 1.54) is 6.07 Å². The Morgan fingerprint density at radius 2 is 2.00 bits per heavy atom. The van der Waals surface area contributed by atoms with E-state index in [2.05, 4.69) is 26.6 Å². The highest BCUT2D eigenvalue weighted by Crippen LogP contribution is 2.33. The van der Waals surface area contributed by atoms with Crippen molar-refractivity contribution in [2.45, 2.75) is 19.5 Å². The van der Waals surface area contributed by atoms with Crippen LogP contribution in [-0.2, 0) is 11.0 Å². The summed E-state index contributed by atoms with van der Waals surface area (Å²) in [5.74, 6) is -0.375. The van der Waals surface area contributed by atoms with Gasteiger partial charge in [-0.05, 0) is 31.2 Å². The molecule has 0 aliphatic rings. The van der Waals surface area contributed by atoms with Gasteiger partial charge in [-0.2, -0.15) is 13.2 Å². The lowest BCUT2D eigenvalue weighted by molar-refractivity contribution is -0.137. The standard InChI is InChI=1S/C12H14BrF3N2O/c1-2-3-17-7-11(19)18-10-5-8(12(14,15)16)4-9(13)6-10/h4-6,17H,2-3,7H2,1H3,(H,18,19). The maximum atomic E-state index is 12.6. The summed E-state index contributed by atoms with van der Waals surface area (Å²) in [6.45, 7) is 2.70. The Bertz CT molecular complexity index is 449. The summed E-state index contributed by atoms with van der Waals surface area (Å²) in [4.78, 5) is 11.5. The lowest BCUT2D eigenvalue weighted by atomic mass is 10.2. The Morgan fingerprint density at radius 1 is 1.32 bits per heavy atom. The predicted octanol–water partition coefficient (Wildman–Crippen LogP) is 3.41. The molecular formula is C12H14BrF3N2O. The molecule has 0 aliphatic heterocycles. The Balaban J connectivity index is 2.73. The second-order valence-electron chi connectivity index (χ2n) is 3.95. The zero-order chi connectivity index (χ0) is 14.5. The van der Waals surface area contributed by atoms with Crippen LogP contribution in [0.5, 0.6) is 0 Å². The molecule has 2 N–H and O–H groups in total. The molecule has 106 valence electrons. The topological polar surface area (TPSA) is 41.1 Å². The van der Waals surface area contributed by atoms with Gasteiger partial charge in [0, 0.05) is 10.2 Å². The first-order valence-electron chi connectivity index (χ1n) is 5.71. The highest BCUT2D eigenvalue weighted by Gasteiger charge is 2.31. The van der Waals surface area contributed by atoms with Crippen molar-refractivity contribution in [2.75, 3.05) is 18.4 Å². The third-order valence-electron chi connectivity index (χ3n) is 2.22. The summed E-state index contributed by atoms with van der Waals surface area (Å²) in [7, 11) is 0. The van der Waals surface area contributed by atoms with Crippen molar-refractivity contribution in [3.63, 3.8) is 0 Å². The van der Waals surface area contributed by atoms with E-state index in [4.69, 9.17) is 0 Å². The Hall–Kier alpha value is -1.08. The third kappa shape index (κ3) is 5.61. The highest BCUT2D eigenvalue weighted by molar-refractivity contribution is 9.10. The summed E-state index contributed by atoms with van der Waals surface area (Å²) in [6, 6.07) is 3.29. The van der Waals surface area contributed by atoms with Crippen LogP contribution in [0.1, 0.15) is 18.9 Å². The van der Waals surface area contributed by atoms with Crippen molar-refractivity contribution in [2.24, 2.45) is 0 Å². The molecule has 0 atom stereocenters. The predicted molar refractivity (Wildman–Crippen MR) is 70.9 cm³/mol. The number of alkyl halides is 3. The van der Waals surface area contributed by atoms with Crippen LogP contribution in [-0.4, -0.2) is 19.0 Å². The van der Waals surface area contributed by atoms with Crippen LogP contribution in [0.4, 0.5) is 18.9 Å². The SMILES string of the molecule is CCCNCC(=O)Nc1cc(Br)cc(C(F)(F)F)c1. The number of hydrogen-bond acceptors (Lipinski definition) is 2. The Kier molecular flexibility index (Phi) is 5.81. The molecule has 0 aromatic heterocycles. The lowest BCUT2D eigenvalue weighted by Crippen LogP contribution is -2.28. The maximum absolute atomic E-state index is 12.6. The first-order valence-corrected chi connectivity index (χ1v) is 6.50. The van der Waals surface area contributed by atoms with Crippen LogP contribution in [0.15, 0.2) is 22.7 Å². The van der Waals surface area contributed by atoms with Gasteiger partial charge in [-0.15, -0.1) is 0 Å². The van der Waals surface area contributed by atoms with E-state index >= 15 is 0 Å². The van der Waals surface area contributed by atoms with E-state index < -0.39 is 11.7 Å². The van der Waals surface area contributed by atoms with Gasteiger partial charge in [-0.3, -0.25) is 4.79 Å². The van der Waals surface area contributed by atoms with Crippen molar-refractivity contribution in [3.05, 3.63) is 28.2 Å². The number of halogens is 4. The average Bonchev–Trinajstić information content (AvgIpc) is 2.27. The second kappa shape index (κ2) is 6.91. The summed E-state index contributed by atoms with van der Waals surface area (Å²) >= 11 is 2.99. The van der Waals surface area contributed by atoms with E-state index in [-0.39, 0.29) is 22.6 Å². The summed E-state index contributed by atoms with van der Waals surface area (Å²) < 4.78 is 38.0. The number of anilines is 1. The van der Waals surface area contributed by atoms with Gasteiger partial charge in [-0.25, -0.2) is 0 Å². The molecule has 7 heteroatoms. The molecule has 0 saturated carbocycles. The van der Waals surface area contributed by atoms with Gasteiger partial charge in [0.05, 0.1) is 12.1 Å². The van der Waals surface area contributed by atoms with Crippen LogP contribution in [0.25, 0.3) is 0 Å². The average molecular weight is 339 g/mol. The largest absolute Gasteiger partial charge is 0.416 e. The van der Waals surface area contributed by atoms with Crippen LogP contribution in [0.3, 0.4) is 0 Å². The smallest absolute Gasteiger partial charge is 0.325 e. The minimum Gasteiger partial charge on any atom is -0.325 e. The molecule has 1 amide bonds. The second-order valence-corrected chi connectivity index (χ2v) is 4.87. The molecule has 3 nitrogen and oxygen atoms in total. The molecule has 0 saturated heterocycles. The van der Waals surface area contributed by atoms with Gasteiger partial charge in [0.25, 0.3) is 0 Å². The summed E-state index contributed by atoms with van der Waals surface area (Å²) in [5, 5.41) is 5.29. The van der Waals surface area contributed by atoms with E-state index in [1.807, 2.05) is 6.92 Å². The number of benzene rings is 1. The fraction of sp³-hybridized carbons (Fsp3) is 0.417. The molecule has 0 bridgehead atoms. The molecule has 0 fully saturated rings. The van der Waals surface area contributed by atoms with Crippen molar-refractivity contribution in [3.8, 4) is 0 Å². The number of carbonyl (C=O) groups excluding carboxylic acids is 1. The first-order chi connectivity index (χ1) is 8.82. The number of nitrogens with one attached hydrogen (secondary N) is 2. The molecule has 1 rings (SSSR count). The molecule has 1 aromatic rings. The molecule has 0 radical (unpaired) electrons. The minimum atomic E-state index is -4.44. The van der Waals surface area contributed by atoms with Gasteiger partial charge in [0.15, 0.2) is 0 Å². The molecular weight excluding hydrogens is 325 g/mol. The van der Waals surface area contributed by atoms with Gasteiger partial charge < -0.3 is 10.6 Å². The quantitative estimate of drug-likeness (QED) is 0.808. The summed E-state index contributed by atoms with van der Waals surface area (Å²) in [6.07, 6.45) is -3.56. The van der Waals surface area contributed by atoms with E-state index in [1.54, 1.807) is 0 Å². The monoisotopic (exact) mass is 338 g/mol. The van der Waals surface area contributed by atoms with Crippen molar-refractivity contribution in [1.82, 2.24) is 5.32 Å². The maximum Gasteiger partial charge on any atom is 0.416 e. The number of rotatable bonds is 5. The molecule has 1 aromatic carbocycles. The fourth-order valence-corrected chi connectivity index (χ4v) is 1.90.